The standard InChI is InChI=1S/C21H21FN2O/c22-21-11-16(4-5-17(21)12-23)20-10-14(1-6-19(20)15-2-3-15)9-18-13-24-7-8-25-18/h1,4-6,10-11,15,18,24H,2-3,7-9,13H2. The summed E-state index contributed by atoms with van der Waals surface area (Å²) in [6.07, 6.45) is 3.43. The zero-order chi connectivity index (χ0) is 17.2. The second-order valence-electron chi connectivity index (χ2n) is 6.90. The Labute approximate surface area is 147 Å². The van der Waals surface area contributed by atoms with E-state index < -0.39 is 5.82 Å². The number of halogens is 1. The molecule has 2 aromatic carbocycles. The van der Waals surface area contributed by atoms with Gasteiger partial charge in [-0.25, -0.2) is 4.39 Å². The van der Waals surface area contributed by atoms with Crippen LogP contribution in [0.3, 0.4) is 0 Å². The summed E-state index contributed by atoms with van der Waals surface area (Å²) in [4.78, 5) is 0. The fraction of sp³-hybridized carbons (Fsp3) is 0.381. The predicted octanol–water partition coefficient (Wildman–Crippen LogP) is 3.77. The monoisotopic (exact) mass is 336 g/mol. The molecule has 128 valence electrons. The van der Waals surface area contributed by atoms with Gasteiger partial charge in [-0.3, -0.25) is 0 Å². The van der Waals surface area contributed by atoms with Gasteiger partial charge in [0.25, 0.3) is 0 Å². The van der Waals surface area contributed by atoms with E-state index >= 15 is 0 Å². The van der Waals surface area contributed by atoms with Crippen molar-refractivity contribution in [2.24, 2.45) is 0 Å². The number of nitrogens with one attached hydrogen (secondary N) is 1. The van der Waals surface area contributed by atoms with Gasteiger partial charge in [0, 0.05) is 13.1 Å². The molecule has 1 aliphatic heterocycles. The first kappa shape index (κ1) is 16.3. The molecule has 3 nitrogen and oxygen atoms in total. The largest absolute Gasteiger partial charge is 0.375 e. The van der Waals surface area contributed by atoms with Gasteiger partial charge >= 0.3 is 0 Å². The van der Waals surface area contributed by atoms with Gasteiger partial charge in [-0.2, -0.15) is 5.26 Å². The van der Waals surface area contributed by atoms with E-state index in [2.05, 4.69) is 23.5 Å². The molecular formula is C21H21FN2O. The number of rotatable bonds is 4. The Hall–Kier alpha value is -2.22. The van der Waals surface area contributed by atoms with Crippen LogP contribution in [0.2, 0.25) is 0 Å². The van der Waals surface area contributed by atoms with Gasteiger partial charge in [0.1, 0.15) is 11.9 Å². The summed E-state index contributed by atoms with van der Waals surface area (Å²) in [6.45, 7) is 2.52. The van der Waals surface area contributed by atoms with Crippen molar-refractivity contribution < 1.29 is 9.13 Å². The van der Waals surface area contributed by atoms with E-state index in [1.165, 1.54) is 30.0 Å². The Bertz CT molecular complexity index is 817. The lowest BCUT2D eigenvalue weighted by Crippen LogP contribution is -2.39. The summed E-state index contributed by atoms with van der Waals surface area (Å²) in [5.74, 6) is 0.127. The third-order valence-electron chi connectivity index (χ3n) is 5.00. The molecule has 4 heteroatoms. The van der Waals surface area contributed by atoms with Crippen molar-refractivity contribution in [3.63, 3.8) is 0 Å². The van der Waals surface area contributed by atoms with Crippen molar-refractivity contribution in [2.75, 3.05) is 19.7 Å². The lowest BCUT2D eigenvalue weighted by atomic mass is 9.92. The molecule has 0 aromatic heterocycles. The first-order valence-corrected chi connectivity index (χ1v) is 8.90. The van der Waals surface area contributed by atoms with Gasteiger partial charge in [0.05, 0.1) is 18.3 Å². The maximum Gasteiger partial charge on any atom is 0.141 e. The van der Waals surface area contributed by atoms with Crippen LogP contribution in [0, 0.1) is 17.1 Å². The molecule has 2 fully saturated rings. The van der Waals surface area contributed by atoms with E-state index in [4.69, 9.17) is 10.00 Å². The molecule has 1 saturated heterocycles. The molecule has 1 unspecified atom stereocenters. The Morgan fingerprint density at radius 2 is 2.08 bits per heavy atom. The first-order valence-electron chi connectivity index (χ1n) is 8.90. The maximum absolute atomic E-state index is 14.1. The van der Waals surface area contributed by atoms with E-state index in [0.29, 0.717) is 5.92 Å². The predicted molar refractivity (Wildman–Crippen MR) is 94.8 cm³/mol. The average Bonchev–Trinajstić information content (AvgIpc) is 3.47. The van der Waals surface area contributed by atoms with Crippen molar-refractivity contribution >= 4 is 0 Å². The Kier molecular flexibility index (Phi) is 4.52. The van der Waals surface area contributed by atoms with E-state index in [9.17, 15) is 4.39 Å². The molecular weight excluding hydrogens is 315 g/mol. The zero-order valence-corrected chi connectivity index (χ0v) is 14.1. The summed E-state index contributed by atoms with van der Waals surface area (Å²) in [6, 6.07) is 13.3. The van der Waals surface area contributed by atoms with Crippen LogP contribution < -0.4 is 5.32 Å². The molecule has 0 bridgehead atoms. The van der Waals surface area contributed by atoms with Crippen molar-refractivity contribution in [3.8, 4) is 17.2 Å². The van der Waals surface area contributed by atoms with Gasteiger partial charge in [0.2, 0.25) is 0 Å². The second kappa shape index (κ2) is 6.95. The minimum absolute atomic E-state index is 0.0922. The molecule has 2 aromatic rings. The number of ether oxygens (including phenoxy) is 1. The molecule has 1 atom stereocenters. The normalized spacial score (nSPS) is 20.2. The molecule has 1 heterocycles. The third-order valence-corrected chi connectivity index (χ3v) is 5.00. The summed E-state index contributed by atoms with van der Waals surface area (Å²) >= 11 is 0. The van der Waals surface area contributed by atoms with Crippen LogP contribution in [0.5, 0.6) is 0 Å². The van der Waals surface area contributed by atoms with Crippen molar-refractivity contribution in [2.45, 2.75) is 31.3 Å². The van der Waals surface area contributed by atoms with Crippen LogP contribution >= 0.6 is 0 Å². The molecule has 25 heavy (non-hydrogen) atoms. The van der Waals surface area contributed by atoms with Crippen LogP contribution in [0.1, 0.15) is 35.4 Å². The highest BCUT2D eigenvalue weighted by atomic mass is 19.1. The molecule has 1 aliphatic carbocycles. The van der Waals surface area contributed by atoms with Gasteiger partial charge in [-0.1, -0.05) is 24.3 Å². The summed E-state index contributed by atoms with van der Waals surface area (Å²) in [5, 5.41) is 12.3. The Balaban J connectivity index is 1.67. The lowest BCUT2D eigenvalue weighted by Gasteiger charge is -2.24. The number of morpholine rings is 1. The van der Waals surface area contributed by atoms with Gasteiger partial charge in [-0.15, -0.1) is 0 Å². The van der Waals surface area contributed by atoms with Crippen LogP contribution in [-0.4, -0.2) is 25.8 Å². The van der Waals surface area contributed by atoms with Crippen LogP contribution in [0.25, 0.3) is 11.1 Å². The van der Waals surface area contributed by atoms with Crippen LogP contribution in [0.4, 0.5) is 4.39 Å². The summed E-state index contributed by atoms with van der Waals surface area (Å²) < 4.78 is 19.9. The summed E-state index contributed by atoms with van der Waals surface area (Å²) in [7, 11) is 0. The van der Waals surface area contributed by atoms with Crippen molar-refractivity contribution in [1.29, 1.82) is 5.26 Å². The topological polar surface area (TPSA) is 45.0 Å². The SMILES string of the molecule is N#Cc1ccc(-c2cc(CC3CNCCO3)ccc2C2CC2)cc1F. The molecule has 1 saturated carbocycles. The summed E-state index contributed by atoms with van der Waals surface area (Å²) in [5.41, 5.74) is 4.53. The average molecular weight is 336 g/mol. The molecule has 0 amide bonds. The van der Waals surface area contributed by atoms with Crippen LogP contribution in [0.15, 0.2) is 36.4 Å². The molecule has 2 aliphatic rings. The third kappa shape index (κ3) is 3.58. The number of nitriles is 1. The van der Waals surface area contributed by atoms with Gasteiger partial charge in [0.15, 0.2) is 0 Å². The number of hydrogen-bond donors (Lipinski definition) is 1. The molecule has 0 spiro atoms. The Morgan fingerprint density at radius 1 is 1.20 bits per heavy atom. The van der Waals surface area contributed by atoms with Gasteiger partial charge < -0.3 is 10.1 Å². The molecule has 4 rings (SSSR count). The number of hydrogen-bond acceptors (Lipinski definition) is 3. The highest BCUT2D eigenvalue weighted by Gasteiger charge is 2.27. The highest BCUT2D eigenvalue weighted by Crippen LogP contribution is 2.45. The minimum Gasteiger partial charge on any atom is -0.375 e. The number of nitrogens with zero attached hydrogens (tertiary/aromatic N) is 1. The lowest BCUT2D eigenvalue weighted by molar-refractivity contribution is 0.0292. The minimum atomic E-state index is -0.452. The molecule has 0 radical (unpaired) electrons. The van der Waals surface area contributed by atoms with Crippen molar-refractivity contribution in [1.82, 2.24) is 5.32 Å². The van der Waals surface area contributed by atoms with E-state index in [-0.39, 0.29) is 11.7 Å². The molecule has 1 N–H and O–H groups in total. The smallest absolute Gasteiger partial charge is 0.141 e. The fourth-order valence-corrected chi connectivity index (χ4v) is 3.52. The van der Waals surface area contributed by atoms with E-state index in [1.807, 2.05) is 12.1 Å². The second-order valence-corrected chi connectivity index (χ2v) is 6.90. The quantitative estimate of drug-likeness (QED) is 0.924. The van der Waals surface area contributed by atoms with Crippen LogP contribution in [-0.2, 0) is 11.2 Å². The highest BCUT2D eigenvalue weighted by molar-refractivity contribution is 5.70. The first-order chi connectivity index (χ1) is 12.2. The van der Waals surface area contributed by atoms with E-state index in [0.717, 1.165) is 37.2 Å². The Morgan fingerprint density at radius 3 is 2.76 bits per heavy atom. The fourth-order valence-electron chi connectivity index (χ4n) is 3.52. The maximum atomic E-state index is 14.1. The zero-order valence-electron chi connectivity index (χ0n) is 14.1. The number of benzene rings is 2. The van der Waals surface area contributed by atoms with E-state index in [1.54, 1.807) is 6.07 Å². The van der Waals surface area contributed by atoms with Crippen molar-refractivity contribution in [3.05, 3.63) is 58.9 Å². The van der Waals surface area contributed by atoms with Gasteiger partial charge in [-0.05, 0) is 59.6 Å².